The normalized spacial score (nSPS) is 19.0. The molecule has 1 aliphatic rings. The van der Waals surface area contributed by atoms with Gasteiger partial charge in [0.15, 0.2) is 0 Å². The average Bonchev–Trinajstić information content (AvgIpc) is 2.68. The molecule has 30 heavy (non-hydrogen) atoms. The van der Waals surface area contributed by atoms with Crippen molar-refractivity contribution in [1.29, 1.82) is 0 Å². The minimum absolute atomic E-state index is 0.364. The summed E-state index contributed by atoms with van der Waals surface area (Å²) in [6.07, 6.45) is 9.51. The molecule has 0 heterocycles. The molecule has 0 spiro atoms. The summed E-state index contributed by atoms with van der Waals surface area (Å²) < 4.78 is 21.2. The van der Waals surface area contributed by atoms with Crippen LogP contribution in [0, 0.1) is 11.8 Å². The van der Waals surface area contributed by atoms with Crippen molar-refractivity contribution in [3.05, 3.63) is 0 Å². The average molecular weight is 429 g/mol. The maximum Gasteiger partial charge on any atom is 0.508 e. The number of ether oxygens (including phenoxy) is 4. The van der Waals surface area contributed by atoms with E-state index in [1.54, 1.807) is 0 Å². The first-order chi connectivity index (χ1) is 14.4. The predicted molar refractivity (Wildman–Crippen MR) is 118 cm³/mol. The SMILES string of the molecule is CC(C)CCCCCCOC(=O)OC1CCCCC1OC(=O)OCCCCC(C)C. The van der Waals surface area contributed by atoms with Crippen molar-refractivity contribution in [1.82, 2.24) is 0 Å². The molecule has 0 saturated heterocycles. The Morgan fingerprint density at radius 3 is 1.53 bits per heavy atom. The number of unbranched alkanes of at least 4 members (excludes halogenated alkanes) is 4. The molecule has 1 saturated carbocycles. The van der Waals surface area contributed by atoms with E-state index in [2.05, 4.69) is 27.7 Å². The van der Waals surface area contributed by atoms with Gasteiger partial charge >= 0.3 is 12.3 Å². The van der Waals surface area contributed by atoms with Gasteiger partial charge in [0, 0.05) is 0 Å². The van der Waals surface area contributed by atoms with Gasteiger partial charge in [-0.05, 0) is 56.8 Å². The van der Waals surface area contributed by atoms with Crippen LogP contribution in [-0.4, -0.2) is 37.7 Å². The Morgan fingerprint density at radius 2 is 1.07 bits per heavy atom. The van der Waals surface area contributed by atoms with Gasteiger partial charge in [0.1, 0.15) is 12.2 Å². The van der Waals surface area contributed by atoms with E-state index in [1.807, 2.05) is 0 Å². The maximum absolute atomic E-state index is 12.0. The Kier molecular flexibility index (Phi) is 14.4. The minimum Gasteiger partial charge on any atom is -0.434 e. The summed E-state index contributed by atoms with van der Waals surface area (Å²) in [5.41, 5.74) is 0. The first kappa shape index (κ1) is 26.6. The van der Waals surface area contributed by atoms with E-state index in [1.165, 1.54) is 12.8 Å². The lowest BCUT2D eigenvalue weighted by atomic mass is 9.95. The second kappa shape index (κ2) is 16.3. The molecule has 0 amide bonds. The van der Waals surface area contributed by atoms with Crippen molar-refractivity contribution >= 4 is 12.3 Å². The summed E-state index contributed by atoms with van der Waals surface area (Å²) in [7, 11) is 0. The van der Waals surface area contributed by atoms with E-state index in [0.29, 0.717) is 32.0 Å². The summed E-state index contributed by atoms with van der Waals surface area (Å²) >= 11 is 0. The first-order valence-corrected chi connectivity index (χ1v) is 12.0. The van der Waals surface area contributed by atoms with E-state index in [0.717, 1.165) is 57.3 Å². The first-order valence-electron chi connectivity index (χ1n) is 12.0. The van der Waals surface area contributed by atoms with Crippen LogP contribution in [0.3, 0.4) is 0 Å². The maximum atomic E-state index is 12.0. The van der Waals surface area contributed by atoms with E-state index in [4.69, 9.17) is 18.9 Å². The van der Waals surface area contributed by atoms with Crippen LogP contribution in [0.5, 0.6) is 0 Å². The highest BCUT2D eigenvalue weighted by molar-refractivity contribution is 5.61. The van der Waals surface area contributed by atoms with Crippen LogP contribution in [0.25, 0.3) is 0 Å². The monoisotopic (exact) mass is 428 g/mol. The Labute approximate surface area is 183 Å². The third kappa shape index (κ3) is 13.7. The molecular formula is C24H44O6. The third-order valence-corrected chi connectivity index (χ3v) is 5.43. The smallest absolute Gasteiger partial charge is 0.434 e. The zero-order valence-corrected chi connectivity index (χ0v) is 19.7. The molecule has 0 radical (unpaired) electrons. The molecule has 0 aromatic rings. The molecule has 6 heteroatoms. The topological polar surface area (TPSA) is 71.1 Å². The van der Waals surface area contributed by atoms with E-state index in [9.17, 15) is 9.59 Å². The second-order valence-corrected chi connectivity index (χ2v) is 9.28. The Morgan fingerprint density at radius 1 is 0.667 bits per heavy atom. The Hall–Kier alpha value is -1.46. The van der Waals surface area contributed by atoms with Crippen molar-refractivity contribution in [3.63, 3.8) is 0 Å². The summed E-state index contributed by atoms with van der Waals surface area (Å²) in [4.78, 5) is 24.0. The highest BCUT2D eigenvalue weighted by atomic mass is 16.8. The van der Waals surface area contributed by atoms with Crippen molar-refractivity contribution in [2.24, 2.45) is 11.8 Å². The van der Waals surface area contributed by atoms with Crippen molar-refractivity contribution < 1.29 is 28.5 Å². The number of rotatable bonds is 14. The van der Waals surface area contributed by atoms with Crippen molar-refractivity contribution in [2.75, 3.05) is 13.2 Å². The molecule has 2 unspecified atom stereocenters. The van der Waals surface area contributed by atoms with Gasteiger partial charge in [0.25, 0.3) is 0 Å². The number of carbonyl (C=O) groups is 2. The lowest BCUT2D eigenvalue weighted by Gasteiger charge is -2.29. The predicted octanol–water partition coefficient (Wildman–Crippen LogP) is 7.04. The molecule has 0 aliphatic heterocycles. The molecule has 1 aliphatic carbocycles. The van der Waals surface area contributed by atoms with Gasteiger partial charge in [-0.25, -0.2) is 9.59 Å². The van der Waals surface area contributed by atoms with Gasteiger partial charge in [0.05, 0.1) is 13.2 Å². The van der Waals surface area contributed by atoms with Crippen molar-refractivity contribution in [2.45, 2.75) is 117 Å². The van der Waals surface area contributed by atoms with Crippen LogP contribution >= 0.6 is 0 Å². The summed E-state index contributed by atoms with van der Waals surface area (Å²) in [6.45, 7) is 9.55. The second-order valence-electron chi connectivity index (χ2n) is 9.28. The van der Waals surface area contributed by atoms with Gasteiger partial charge in [-0.2, -0.15) is 0 Å². The molecule has 2 atom stereocenters. The molecule has 0 bridgehead atoms. The highest BCUT2D eigenvalue weighted by Gasteiger charge is 2.32. The quantitative estimate of drug-likeness (QED) is 0.218. The largest absolute Gasteiger partial charge is 0.508 e. The minimum atomic E-state index is -0.671. The zero-order chi connectivity index (χ0) is 22.2. The van der Waals surface area contributed by atoms with E-state index >= 15 is 0 Å². The standard InChI is InChI=1S/C24H44O6/c1-19(2)13-7-5-6-11-17-27-23(25)29-21-15-8-9-16-22(21)30-24(26)28-18-12-10-14-20(3)4/h19-22H,5-18H2,1-4H3. The van der Waals surface area contributed by atoms with Crippen LogP contribution in [0.1, 0.15) is 105 Å². The summed E-state index contributed by atoms with van der Waals surface area (Å²) in [5.74, 6) is 1.39. The van der Waals surface area contributed by atoms with Gasteiger partial charge in [-0.3, -0.25) is 0 Å². The number of carbonyl (C=O) groups excluding carboxylic acids is 2. The number of hydrogen-bond acceptors (Lipinski definition) is 6. The van der Waals surface area contributed by atoms with Crippen LogP contribution in [0.2, 0.25) is 0 Å². The van der Waals surface area contributed by atoms with Gasteiger partial charge in [-0.15, -0.1) is 0 Å². The molecule has 6 nitrogen and oxygen atoms in total. The molecule has 0 N–H and O–H groups in total. The molecular weight excluding hydrogens is 384 g/mol. The number of hydrogen-bond donors (Lipinski definition) is 0. The van der Waals surface area contributed by atoms with Crippen molar-refractivity contribution in [3.8, 4) is 0 Å². The molecule has 176 valence electrons. The highest BCUT2D eigenvalue weighted by Crippen LogP contribution is 2.25. The van der Waals surface area contributed by atoms with Gasteiger partial charge in [0.2, 0.25) is 0 Å². The summed E-state index contributed by atoms with van der Waals surface area (Å²) in [6, 6.07) is 0. The van der Waals surface area contributed by atoms with Gasteiger partial charge in [-0.1, -0.05) is 59.8 Å². The lowest BCUT2D eigenvalue weighted by molar-refractivity contribution is -0.0713. The van der Waals surface area contributed by atoms with Gasteiger partial charge < -0.3 is 18.9 Å². The molecule has 1 fully saturated rings. The fourth-order valence-electron chi connectivity index (χ4n) is 3.62. The van der Waals surface area contributed by atoms with E-state index < -0.39 is 24.5 Å². The molecule has 0 aromatic heterocycles. The fourth-order valence-corrected chi connectivity index (χ4v) is 3.62. The zero-order valence-electron chi connectivity index (χ0n) is 19.7. The molecule has 1 rings (SSSR count). The van der Waals surface area contributed by atoms with E-state index in [-0.39, 0.29) is 0 Å². The third-order valence-electron chi connectivity index (χ3n) is 5.43. The van der Waals surface area contributed by atoms with Crippen LogP contribution in [0.15, 0.2) is 0 Å². The summed E-state index contributed by atoms with van der Waals surface area (Å²) in [5, 5.41) is 0. The molecule has 0 aromatic carbocycles. The lowest BCUT2D eigenvalue weighted by Crippen LogP contribution is -2.38. The fraction of sp³-hybridized carbons (Fsp3) is 0.917. The van der Waals surface area contributed by atoms with Crippen LogP contribution < -0.4 is 0 Å². The van der Waals surface area contributed by atoms with Crippen LogP contribution in [0.4, 0.5) is 9.59 Å². The van der Waals surface area contributed by atoms with Crippen LogP contribution in [-0.2, 0) is 18.9 Å². The Balaban J connectivity index is 2.19. The Bertz CT molecular complexity index is 463.